The molecule has 0 aliphatic carbocycles. The molecule has 19 heavy (non-hydrogen) atoms. The fourth-order valence-electron chi connectivity index (χ4n) is 2.15. The molecule has 0 aliphatic rings. The first-order chi connectivity index (χ1) is 8.69. The zero-order valence-corrected chi connectivity index (χ0v) is 12.8. The zero-order valence-electron chi connectivity index (χ0n) is 12.0. The molecular weight excluding hydrogens is 262 g/mol. The quantitative estimate of drug-likeness (QED) is 0.842. The van der Waals surface area contributed by atoms with Crippen molar-refractivity contribution in [3.8, 4) is 0 Å². The second-order valence-electron chi connectivity index (χ2n) is 5.26. The van der Waals surface area contributed by atoms with Gasteiger partial charge in [-0.25, -0.2) is 13.1 Å². The van der Waals surface area contributed by atoms with Crippen LogP contribution in [0.5, 0.6) is 0 Å². The van der Waals surface area contributed by atoms with Gasteiger partial charge < -0.3 is 4.79 Å². The van der Waals surface area contributed by atoms with Gasteiger partial charge in [0.05, 0.1) is 10.9 Å². The van der Waals surface area contributed by atoms with Crippen molar-refractivity contribution < 1.29 is 13.2 Å². The Kier molecular flexibility index (Phi) is 4.87. The molecule has 0 bridgehead atoms. The van der Waals surface area contributed by atoms with Crippen LogP contribution < -0.4 is 4.72 Å². The zero-order chi connectivity index (χ0) is 14.8. The Morgan fingerprint density at radius 2 is 1.58 bits per heavy atom. The number of nitrogens with one attached hydrogen (secondary N) is 1. The van der Waals surface area contributed by atoms with Crippen LogP contribution in [0.1, 0.15) is 30.5 Å². The Morgan fingerprint density at radius 1 is 1.11 bits per heavy atom. The highest BCUT2D eigenvalue weighted by Crippen LogP contribution is 2.22. The average Bonchev–Trinajstić information content (AvgIpc) is 2.23. The third kappa shape index (κ3) is 3.64. The van der Waals surface area contributed by atoms with Gasteiger partial charge in [0.25, 0.3) is 0 Å². The van der Waals surface area contributed by atoms with E-state index in [-0.39, 0.29) is 10.8 Å². The predicted octanol–water partition coefficient (Wildman–Crippen LogP) is 2.11. The van der Waals surface area contributed by atoms with Crippen LogP contribution in [0.4, 0.5) is 0 Å². The molecule has 1 aromatic carbocycles. The number of aldehydes is 1. The van der Waals surface area contributed by atoms with Crippen molar-refractivity contribution in [2.24, 2.45) is 5.92 Å². The second kappa shape index (κ2) is 5.84. The van der Waals surface area contributed by atoms with Gasteiger partial charge in [-0.15, -0.1) is 0 Å². The molecule has 1 atom stereocenters. The van der Waals surface area contributed by atoms with Crippen molar-refractivity contribution in [1.82, 2.24) is 4.72 Å². The van der Waals surface area contributed by atoms with Gasteiger partial charge in [-0.3, -0.25) is 0 Å². The number of sulfonamides is 1. The van der Waals surface area contributed by atoms with Crippen molar-refractivity contribution in [2.75, 3.05) is 0 Å². The summed E-state index contributed by atoms with van der Waals surface area (Å²) in [4.78, 5) is 11.2. The van der Waals surface area contributed by atoms with E-state index in [2.05, 4.69) is 4.72 Å². The maximum Gasteiger partial charge on any atom is 0.241 e. The third-order valence-corrected chi connectivity index (χ3v) is 4.79. The predicted molar refractivity (Wildman–Crippen MR) is 75.7 cm³/mol. The van der Waals surface area contributed by atoms with E-state index >= 15 is 0 Å². The van der Waals surface area contributed by atoms with Crippen LogP contribution in [-0.2, 0) is 14.8 Å². The van der Waals surface area contributed by atoms with Gasteiger partial charge in [0, 0.05) is 0 Å². The van der Waals surface area contributed by atoms with E-state index in [1.165, 1.54) is 0 Å². The van der Waals surface area contributed by atoms with Gasteiger partial charge in [-0.05, 0) is 37.8 Å². The Morgan fingerprint density at radius 3 is 1.95 bits per heavy atom. The first kappa shape index (κ1) is 15.9. The molecule has 4 nitrogen and oxygen atoms in total. The maximum atomic E-state index is 12.4. The van der Waals surface area contributed by atoms with Crippen LogP contribution in [0.25, 0.3) is 0 Å². The summed E-state index contributed by atoms with van der Waals surface area (Å²) in [6, 6.07) is 2.95. The van der Waals surface area contributed by atoms with Gasteiger partial charge in [-0.1, -0.05) is 31.5 Å². The first-order valence-electron chi connectivity index (χ1n) is 6.24. The maximum absolute atomic E-state index is 12.4. The highest BCUT2D eigenvalue weighted by atomic mass is 32.2. The molecule has 0 aliphatic heterocycles. The minimum absolute atomic E-state index is 0.0849. The van der Waals surface area contributed by atoms with Crippen LogP contribution in [0.2, 0.25) is 0 Å². The number of benzene rings is 1. The standard InChI is InChI=1S/C14H21NO3S/c1-9(2)13(8-16)15-19(17,18)14-11(4)6-10(3)7-12(14)5/h6-9,13,15H,1-5H3/t13-/m1/s1. The minimum Gasteiger partial charge on any atom is -0.302 e. The molecule has 0 aromatic heterocycles. The van der Waals surface area contributed by atoms with E-state index in [1.54, 1.807) is 27.7 Å². The van der Waals surface area contributed by atoms with E-state index in [0.29, 0.717) is 17.4 Å². The molecule has 0 amide bonds. The van der Waals surface area contributed by atoms with Crippen molar-refractivity contribution in [1.29, 1.82) is 0 Å². The van der Waals surface area contributed by atoms with Crippen molar-refractivity contribution in [3.05, 3.63) is 28.8 Å². The number of hydrogen-bond acceptors (Lipinski definition) is 3. The van der Waals surface area contributed by atoms with E-state index < -0.39 is 16.1 Å². The highest BCUT2D eigenvalue weighted by Gasteiger charge is 2.25. The van der Waals surface area contributed by atoms with Crippen molar-refractivity contribution >= 4 is 16.3 Å². The normalized spacial score (nSPS) is 13.6. The van der Waals surface area contributed by atoms with Gasteiger partial charge in [0.2, 0.25) is 10.0 Å². The molecule has 5 heteroatoms. The summed E-state index contributed by atoms with van der Waals surface area (Å²) < 4.78 is 27.2. The number of aryl methyl sites for hydroxylation is 3. The molecule has 1 N–H and O–H groups in total. The van der Waals surface area contributed by atoms with Gasteiger partial charge in [0.1, 0.15) is 6.29 Å². The van der Waals surface area contributed by atoms with Crippen LogP contribution >= 0.6 is 0 Å². The van der Waals surface area contributed by atoms with Crippen LogP contribution in [0.15, 0.2) is 17.0 Å². The minimum atomic E-state index is -3.68. The monoisotopic (exact) mass is 283 g/mol. The van der Waals surface area contributed by atoms with E-state index in [4.69, 9.17) is 0 Å². The fourth-order valence-corrected chi connectivity index (χ4v) is 3.92. The van der Waals surface area contributed by atoms with Gasteiger partial charge >= 0.3 is 0 Å². The Balaban J connectivity index is 3.25. The molecule has 0 saturated carbocycles. The molecule has 0 heterocycles. The molecule has 1 aromatic rings. The molecule has 0 fully saturated rings. The lowest BCUT2D eigenvalue weighted by Crippen LogP contribution is -2.40. The molecule has 1 rings (SSSR count). The van der Waals surface area contributed by atoms with Gasteiger partial charge in [-0.2, -0.15) is 0 Å². The number of rotatable bonds is 5. The second-order valence-corrected chi connectivity index (χ2v) is 6.91. The van der Waals surface area contributed by atoms with Crippen molar-refractivity contribution in [3.63, 3.8) is 0 Å². The lowest BCUT2D eigenvalue weighted by molar-refractivity contribution is -0.110. The summed E-state index contributed by atoms with van der Waals surface area (Å²) >= 11 is 0. The largest absolute Gasteiger partial charge is 0.302 e. The highest BCUT2D eigenvalue weighted by molar-refractivity contribution is 7.89. The number of hydrogen-bond donors (Lipinski definition) is 1. The van der Waals surface area contributed by atoms with Gasteiger partial charge in [0.15, 0.2) is 0 Å². The SMILES string of the molecule is Cc1cc(C)c(S(=O)(=O)N[C@H](C=O)C(C)C)c(C)c1. The molecule has 106 valence electrons. The average molecular weight is 283 g/mol. The Labute approximate surface area is 115 Å². The van der Waals surface area contributed by atoms with Crippen LogP contribution in [-0.4, -0.2) is 20.7 Å². The summed E-state index contributed by atoms with van der Waals surface area (Å²) in [5.74, 6) is -0.0849. The van der Waals surface area contributed by atoms with Crippen molar-refractivity contribution in [2.45, 2.75) is 45.6 Å². The molecule has 0 unspecified atom stereocenters. The molecule has 0 saturated heterocycles. The topological polar surface area (TPSA) is 63.2 Å². The smallest absolute Gasteiger partial charge is 0.241 e. The summed E-state index contributed by atoms with van der Waals surface area (Å²) in [5, 5.41) is 0. The Hall–Kier alpha value is -1.20. The number of carbonyl (C=O) groups excluding carboxylic acids is 1. The third-order valence-electron chi connectivity index (χ3n) is 3.03. The molecular formula is C14H21NO3S. The molecule has 0 spiro atoms. The summed E-state index contributed by atoms with van der Waals surface area (Å²) in [6.45, 7) is 9.05. The van der Waals surface area contributed by atoms with E-state index in [1.807, 2.05) is 19.1 Å². The fraction of sp³-hybridized carbons (Fsp3) is 0.500. The first-order valence-corrected chi connectivity index (χ1v) is 7.73. The number of carbonyl (C=O) groups is 1. The summed E-state index contributed by atoms with van der Waals surface area (Å²) in [5.41, 5.74) is 2.40. The lowest BCUT2D eigenvalue weighted by atomic mass is 10.1. The van der Waals surface area contributed by atoms with E-state index in [9.17, 15) is 13.2 Å². The molecule has 0 radical (unpaired) electrons. The van der Waals surface area contributed by atoms with Crippen LogP contribution in [0.3, 0.4) is 0 Å². The Bertz CT molecular complexity index is 553. The van der Waals surface area contributed by atoms with E-state index in [0.717, 1.165) is 5.56 Å². The lowest BCUT2D eigenvalue weighted by Gasteiger charge is -2.19. The summed E-state index contributed by atoms with van der Waals surface area (Å²) in [6.07, 6.45) is 0.640. The van der Waals surface area contributed by atoms with Crippen LogP contribution in [0, 0.1) is 26.7 Å². The summed E-state index contributed by atoms with van der Waals surface area (Å²) in [7, 11) is -3.68.